The van der Waals surface area contributed by atoms with Gasteiger partial charge in [-0.2, -0.15) is 0 Å². The van der Waals surface area contributed by atoms with Crippen LogP contribution in [0.2, 0.25) is 0 Å². The first-order valence-electron chi connectivity index (χ1n) is 7.33. The minimum absolute atomic E-state index is 0.0974. The quantitative estimate of drug-likeness (QED) is 0.913. The fourth-order valence-corrected chi connectivity index (χ4v) is 2.68. The highest BCUT2D eigenvalue weighted by Gasteiger charge is 2.15. The van der Waals surface area contributed by atoms with E-state index >= 15 is 0 Å². The van der Waals surface area contributed by atoms with Crippen molar-refractivity contribution in [3.8, 4) is 10.6 Å². The first-order valence-corrected chi connectivity index (χ1v) is 8.15. The topological polar surface area (TPSA) is 37.8 Å². The normalized spacial score (nSPS) is 12.7. The Kier molecular flexibility index (Phi) is 4.49. The van der Waals surface area contributed by atoms with Gasteiger partial charge >= 0.3 is 0 Å². The average Bonchev–Trinajstić information content (AvgIpc) is 2.83. The van der Waals surface area contributed by atoms with Crippen LogP contribution in [0.5, 0.6) is 0 Å². The summed E-state index contributed by atoms with van der Waals surface area (Å²) in [6, 6.07) is 8.65. The average molecular weight is 303 g/mol. The van der Waals surface area contributed by atoms with Gasteiger partial charge in [0, 0.05) is 11.1 Å². The van der Waals surface area contributed by atoms with E-state index < -0.39 is 0 Å². The summed E-state index contributed by atoms with van der Waals surface area (Å²) >= 11 is 1.66. The molecule has 0 unspecified atom stereocenters. The second-order valence-corrected chi connectivity index (χ2v) is 8.49. The molecule has 0 saturated heterocycles. The van der Waals surface area contributed by atoms with Crippen molar-refractivity contribution >= 4 is 11.3 Å². The largest absolute Gasteiger partial charge is 0.306 e. The van der Waals surface area contributed by atoms with E-state index in [-0.39, 0.29) is 11.0 Å². The summed E-state index contributed by atoms with van der Waals surface area (Å²) in [5.41, 5.74) is 2.76. The summed E-state index contributed by atoms with van der Waals surface area (Å²) in [6.07, 6.45) is 0. The molecule has 21 heavy (non-hydrogen) atoms. The van der Waals surface area contributed by atoms with Gasteiger partial charge < -0.3 is 5.32 Å². The molecule has 1 aromatic heterocycles. The lowest BCUT2D eigenvalue weighted by Gasteiger charge is -2.19. The number of hydrogen-bond acceptors (Lipinski definition) is 4. The van der Waals surface area contributed by atoms with Gasteiger partial charge in [-0.05, 0) is 31.7 Å². The molecule has 3 nitrogen and oxygen atoms in total. The van der Waals surface area contributed by atoms with Gasteiger partial charge in [-0.1, -0.05) is 56.4 Å². The molecule has 2 rings (SSSR count). The van der Waals surface area contributed by atoms with Gasteiger partial charge in [-0.15, -0.1) is 10.2 Å². The molecule has 2 aromatic rings. The summed E-state index contributed by atoms with van der Waals surface area (Å²) < 4.78 is 0. The number of nitrogens with one attached hydrogen (secondary N) is 1. The van der Waals surface area contributed by atoms with Gasteiger partial charge in [0.15, 0.2) is 0 Å². The van der Waals surface area contributed by atoms with E-state index in [0.717, 1.165) is 22.1 Å². The molecule has 0 amide bonds. The smallest absolute Gasteiger partial charge is 0.147 e. The Morgan fingerprint density at radius 3 is 2.10 bits per heavy atom. The lowest BCUT2D eigenvalue weighted by Crippen LogP contribution is -2.35. The van der Waals surface area contributed by atoms with Crippen LogP contribution in [0.3, 0.4) is 0 Å². The first-order chi connectivity index (χ1) is 9.65. The molecule has 1 N–H and O–H groups in total. The minimum atomic E-state index is 0.0974. The Balaban J connectivity index is 2.11. The molecular formula is C17H25N3S. The summed E-state index contributed by atoms with van der Waals surface area (Å²) in [7, 11) is 0. The third kappa shape index (κ3) is 4.61. The van der Waals surface area contributed by atoms with E-state index in [4.69, 9.17) is 0 Å². The molecule has 0 aliphatic carbocycles. The number of benzene rings is 1. The van der Waals surface area contributed by atoms with Gasteiger partial charge in [-0.25, -0.2) is 0 Å². The molecule has 0 spiro atoms. The molecule has 0 atom stereocenters. The van der Waals surface area contributed by atoms with Crippen molar-refractivity contribution in [3.05, 3.63) is 34.8 Å². The first kappa shape index (κ1) is 16.1. The zero-order chi connectivity index (χ0) is 15.7. The lowest BCUT2D eigenvalue weighted by atomic mass is 9.87. The van der Waals surface area contributed by atoms with Crippen molar-refractivity contribution < 1.29 is 0 Å². The zero-order valence-corrected chi connectivity index (χ0v) is 14.6. The van der Waals surface area contributed by atoms with E-state index in [1.165, 1.54) is 5.56 Å². The van der Waals surface area contributed by atoms with Crippen LogP contribution in [0.4, 0.5) is 0 Å². The highest BCUT2D eigenvalue weighted by Crippen LogP contribution is 2.27. The van der Waals surface area contributed by atoms with Crippen molar-refractivity contribution in [2.24, 2.45) is 0 Å². The van der Waals surface area contributed by atoms with Crippen LogP contribution in [0.25, 0.3) is 10.6 Å². The van der Waals surface area contributed by atoms with E-state index in [2.05, 4.69) is 81.3 Å². The van der Waals surface area contributed by atoms with E-state index in [1.54, 1.807) is 11.3 Å². The lowest BCUT2D eigenvalue weighted by molar-refractivity contribution is 0.423. The summed E-state index contributed by atoms with van der Waals surface area (Å²) in [5.74, 6) is 0. The summed E-state index contributed by atoms with van der Waals surface area (Å²) in [5, 5.41) is 14.0. The van der Waals surface area contributed by atoms with Crippen LogP contribution in [-0.4, -0.2) is 15.7 Å². The number of aromatic nitrogens is 2. The number of hydrogen-bond donors (Lipinski definition) is 1. The van der Waals surface area contributed by atoms with Gasteiger partial charge in [0.1, 0.15) is 10.0 Å². The molecule has 1 heterocycles. The highest BCUT2D eigenvalue weighted by atomic mass is 32.1. The Hall–Kier alpha value is -1.26. The zero-order valence-electron chi connectivity index (χ0n) is 13.8. The number of nitrogens with zero attached hydrogens (tertiary/aromatic N) is 2. The molecule has 0 bridgehead atoms. The van der Waals surface area contributed by atoms with Gasteiger partial charge in [0.2, 0.25) is 0 Å². The molecule has 114 valence electrons. The predicted molar refractivity (Wildman–Crippen MR) is 90.6 cm³/mol. The molecule has 0 aliphatic heterocycles. The molecule has 4 heteroatoms. The van der Waals surface area contributed by atoms with Crippen LogP contribution in [0.15, 0.2) is 24.3 Å². The molecule has 0 fully saturated rings. The SMILES string of the molecule is CC(C)(C)NCc1nnc(-c2ccc(C(C)(C)C)cc2)s1. The summed E-state index contributed by atoms with van der Waals surface area (Å²) in [6.45, 7) is 13.9. The standard InChI is InChI=1S/C17H25N3S/c1-16(2,3)13-9-7-12(8-10-13)15-20-19-14(21-15)11-18-17(4,5)6/h7-10,18H,11H2,1-6H3. The van der Waals surface area contributed by atoms with Crippen molar-refractivity contribution in [2.75, 3.05) is 0 Å². The van der Waals surface area contributed by atoms with Crippen LogP contribution in [0, 0.1) is 0 Å². The molecule has 0 aliphatic rings. The summed E-state index contributed by atoms with van der Waals surface area (Å²) in [4.78, 5) is 0. The maximum absolute atomic E-state index is 4.31. The van der Waals surface area contributed by atoms with Gasteiger partial charge in [0.05, 0.1) is 6.54 Å². The van der Waals surface area contributed by atoms with E-state index in [0.29, 0.717) is 0 Å². The predicted octanol–water partition coefficient (Wildman–Crippen LogP) is 4.39. The van der Waals surface area contributed by atoms with Gasteiger partial charge in [0.25, 0.3) is 0 Å². The second-order valence-electron chi connectivity index (χ2n) is 7.43. The van der Waals surface area contributed by atoms with Crippen molar-refractivity contribution in [3.63, 3.8) is 0 Å². The monoisotopic (exact) mass is 303 g/mol. The van der Waals surface area contributed by atoms with Crippen molar-refractivity contribution in [1.29, 1.82) is 0 Å². The highest BCUT2D eigenvalue weighted by molar-refractivity contribution is 7.14. The molecule has 0 radical (unpaired) electrons. The van der Waals surface area contributed by atoms with Crippen LogP contribution in [-0.2, 0) is 12.0 Å². The maximum Gasteiger partial charge on any atom is 0.147 e. The van der Waals surface area contributed by atoms with Gasteiger partial charge in [-0.3, -0.25) is 0 Å². The third-order valence-electron chi connectivity index (χ3n) is 3.23. The van der Waals surface area contributed by atoms with E-state index in [1.807, 2.05) is 0 Å². The third-order valence-corrected chi connectivity index (χ3v) is 4.21. The molecular weight excluding hydrogens is 278 g/mol. The van der Waals surface area contributed by atoms with Crippen LogP contribution < -0.4 is 5.32 Å². The second kappa shape index (κ2) is 5.85. The fourth-order valence-electron chi connectivity index (χ4n) is 1.90. The number of rotatable bonds is 3. The Morgan fingerprint density at radius 2 is 1.57 bits per heavy atom. The minimum Gasteiger partial charge on any atom is -0.306 e. The van der Waals surface area contributed by atoms with E-state index in [9.17, 15) is 0 Å². The molecule has 1 aromatic carbocycles. The Labute approximate surface area is 131 Å². The fraction of sp³-hybridized carbons (Fsp3) is 0.529. The molecule has 0 saturated carbocycles. The Bertz CT molecular complexity index is 586. The Morgan fingerprint density at radius 1 is 0.952 bits per heavy atom. The van der Waals surface area contributed by atoms with Crippen LogP contribution in [0.1, 0.15) is 52.1 Å². The maximum atomic E-state index is 4.31. The van der Waals surface area contributed by atoms with Crippen molar-refractivity contribution in [2.45, 2.75) is 59.0 Å². The van der Waals surface area contributed by atoms with Crippen LogP contribution >= 0.6 is 11.3 Å². The van der Waals surface area contributed by atoms with Crippen molar-refractivity contribution in [1.82, 2.24) is 15.5 Å².